The van der Waals surface area contributed by atoms with Crippen LogP contribution in [0.4, 0.5) is 13.2 Å². The third-order valence-corrected chi connectivity index (χ3v) is 6.64. The zero-order chi connectivity index (χ0) is 25.0. The van der Waals surface area contributed by atoms with Crippen molar-refractivity contribution in [3.05, 3.63) is 52.6 Å². The highest BCUT2D eigenvalue weighted by molar-refractivity contribution is 5.97. The van der Waals surface area contributed by atoms with Crippen molar-refractivity contribution in [1.82, 2.24) is 5.32 Å². The van der Waals surface area contributed by atoms with E-state index in [0.29, 0.717) is 24.6 Å². The van der Waals surface area contributed by atoms with Gasteiger partial charge < -0.3 is 20.5 Å². The van der Waals surface area contributed by atoms with Gasteiger partial charge in [0, 0.05) is 12.1 Å². The Hall–Kier alpha value is -3.07. The first-order valence-electron chi connectivity index (χ1n) is 12.0. The topological polar surface area (TPSA) is 90.7 Å². The summed E-state index contributed by atoms with van der Waals surface area (Å²) in [6, 6.07) is 8.45. The summed E-state index contributed by atoms with van der Waals surface area (Å²) in [5.41, 5.74) is 7.17. The van der Waals surface area contributed by atoms with E-state index in [2.05, 4.69) is 10.1 Å². The Balaban J connectivity index is 1.50. The van der Waals surface area contributed by atoms with Crippen LogP contribution in [0.15, 0.2) is 30.3 Å². The van der Waals surface area contributed by atoms with Crippen molar-refractivity contribution in [2.45, 2.75) is 64.1 Å². The van der Waals surface area contributed by atoms with Gasteiger partial charge in [0.2, 0.25) is 0 Å². The molecule has 1 aliphatic heterocycles. The van der Waals surface area contributed by atoms with E-state index in [1.54, 1.807) is 0 Å². The fourth-order valence-corrected chi connectivity index (χ4v) is 4.81. The van der Waals surface area contributed by atoms with Gasteiger partial charge >= 0.3 is 12.1 Å². The minimum Gasteiger partial charge on any atom is -0.457 e. The molecule has 0 radical (unpaired) electrons. The van der Waals surface area contributed by atoms with Gasteiger partial charge in [-0.15, -0.1) is 0 Å². The van der Waals surface area contributed by atoms with Gasteiger partial charge in [-0.2, -0.15) is 13.2 Å². The van der Waals surface area contributed by atoms with E-state index in [-0.39, 0.29) is 23.3 Å². The smallest absolute Gasteiger partial charge is 0.457 e. The molecule has 2 aromatic carbocycles. The summed E-state index contributed by atoms with van der Waals surface area (Å²) in [5.74, 6) is -2.43. The predicted molar refractivity (Wildman–Crippen MR) is 123 cm³/mol. The molecule has 35 heavy (non-hydrogen) atoms. The highest BCUT2D eigenvalue weighted by Gasteiger charge is 2.42. The van der Waals surface area contributed by atoms with Crippen molar-refractivity contribution in [1.29, 1.82) is 0 Å². The number of hydrogen-bond donors (Lipinski definition) is 2. The number of halogens is 3. The second kappa shape index (κ2) is 10.7. The lowest BCUT2D eigenvalue weighted by Gasteiger charge is -2.16. The molecule has 2 aliphatic rings. The summed E-state index contributed by atoms with van der Waals surface area (Å²) >= 11 is 0. The highest BCUT2D eigenvalue weighted by Crippen LogP contribution is 2.41. The van der Waals surface area contributed by atoms with Crippen LogP contribution in [-0.4, -0.2) is 24.6 Å². The van der Waals surface area contributed by atoms with Crippen LogP contribution in [0.5, 0.6) is 17.2 Å². The lowest BCUT2D eigenvalue weighted by Crippen LogP contribution is -2.29. The number of rotatable bonds is 6. The van der Waals surface area contributed by atoms with Gasteiger partial charge in [-0.05, 0) is 67.5 Å². The van der Waals surface area contributed by atoms with Crippen LogP contribution >= 0.6 is 0 Å². The fourth-order valence-electron chi connectivity index (χ4n) is 4.81. The summed E-state index contributed by atoms with van der Waals surface area (Å²) in [5, 5.41) is 3.55. The number of carbonyl (C=O) groups excluding carboxylic acids is 2. The second-order valence-corrected chi connectivity index (χ2v) is 9.20. The Kier molecular flexibility index (Phi) is 7.64. The molecule has 3 N–H and O–H groups in total. The van der Waals surface area contributed by atoms with Crippen LogP contribution in [0.25, 0.3) is 0 Å². The minimum atomic E-state index is -5.22. The number of nitrogens with two attached hydrogens (primary N) is 1. The standard InChI is InChI=1S/C26H29F3N2O4/c27-26(28,29)25(33)35-23-19-9-8-18-13-17(15-31-14-16-5-3-1-2-4-6-16)7-11-21(18)34-22(19)12-10-20(23)24(30)32/h7,10-13,16,31H,1-6,8-9,14-15H2,(H2,30,32). The molecule has 0 unspecified atom stereocenters. The van der Waals surface area contributed by atoms with Crippen molar-refractivity contribution in [3.8, 4) is 17.2 Å². The maximum Gasteiger partial charge on any atom is 0.491 e. The van der Waals surface area contributed by atoms with E-state index < -0.39 is 23.8 Å². The number of fused-ring (bicyclic) bond motifs is 2. The van der Waals surface area contributed by atoms with Gasteiger partial charge in [0.05, 0.1) is 5.56 Å². The molecular weight excluding hydrogens is 461 g/mol. The number of nitrogens with one attached hydrogen (secondary N) is 1. The Labute approximate surface area is 202 Å². The number of esters is 1. The number of benzene rings is 2. The monoisotopic (exact) mass is 490 g/mol. The third-order valence-electron chi connectivity index (χ3n) is 6.64. The molecule has 9 heteroatoms. The van der Waals surface area contributed by atoms with Crippen molar-refractivity contribution in [3.63, 3.8) is 0 Å². The number of amides is 1. The van der Waals surface area contributed by atoms with Crippen LogP contribution < -0.4 is 20.5 Å². The first-order chi connectivity index (χ1) is 16.7. The van der Waals surface area contributed by atoms with Crippen molar-refractivity contribution >= 4 is 11.9 Å². The molecule has 0 spiro atoms. The molecule has 6 nitrogen and oxygen atoms in total. The fraction of sp³-hybridized carbons (Fsp3) is 0.462. The molecule has 188 valence electrons. The number of primary amides is 1. The Morgan fingerprint density at radius 3 is 2.43 bits per heavy atom. The number of alkyl halides is 3. The molecule has 0 bridgehead atoms. The van der Waals surface area contributed by atoms with Crippen LogP contribution in [0.3, 0.4) is 0 Å². The minimum absolute atomic E-state index is 0.197. The quantitative estimate of drug-likeness (QED) is 0.330. The van der Waals surface area contributed by atoms with E-state index in [1.807, 2.05) is 18.2 Å². The maximum absolute atomic E-state index is 12.9. The summed E-state index contributed by atoms with van der Waals surface area (Å²) in [6.45, 7) is 1.68. The van der Waals surface area contributed by atoms with Crippen LogP contribution in [-0.2, 0) is 24.2 Å². The van der Waals surface area contributed by atoms with Crippen molar-refractivity contribution in [2.75, 3.05) is 6.54 Å². The van der Waals surface area contributed by atoms with E-state index in [4.69, 9.17) is 10.5 Å². The number of aryl methyl sites for hydroxylation is 1. The van der Waals surface area contributed by atoms with Gasteiger partial charge in [-0.25, -0.2) is 4.79 Å². The Bertz CT molecular complexity index is 1090. The lowest BCUT2D eigenvalue weighted by atomic mass is 9.99. The number of carbonyl (C=O) groups is 2. The molecule has 1 saturated carbocycles. The number of hydrogen-bond acceptors (Lipinski definition) is 5. The van der Waals surface area contributed by atoms with Crippen molar-refractivity contribution in [2.24, 2.45) is 11.7 Å². The maximum atomic E-state index is 12.9. The van der Waals surface area contributed by atoms with Crippen LogP contribution in [0.2, 0.25) is 0 Å². The Morgan fingerprint density at radius 2 is 1.74 bits per heavy atom. The van der Waals surface area contributed by atoms with E-state index in [0.717, 1.165) is 17.7 Å². The van der Waals surface area contributed by atoms with E-state index in [9.17, 15) is 22.8 Å². The second-order valence-electron chi connectivity index (χ2n) is 9.20. The molecule has 1 fully saturated rings. The molecular formula is C26H29F3N2O4. The van der Waals surface area contributed by atoms with Crippen LogP contribution in [0.1, 0.15) is 65.6 Å². The SMILES string of the molecule is NC(=O)c1ccc2c(c1OC(=O)C(F)(F)F)CCc1cc(CNCC3CCCCCC3)ccc1O2. The third kappa shape index (κ3) is 6.14. The molecule has 4 rings (SSSR count). The van der Waals surface area contributed by atoms with Gasteiger partial charge in [-0.1, -0.05) is 37.8 Å². The molecule has 1 aliphatic carbocycles. The van der Waals surface area contributed by atoms with Crippen LogP contribution in [0, 0.1) is 5.92 Å². The summed E-state index contributed by atoms with van der Waals surface area (Å²) in [6.07, 6.45) is 3.17. The zero-order valence-corrected chi connectivity index (χ0v) is 19.4. The number of ether oxygens (including phenoxy) is 2. The molecule has 1 heterocycles. The highest BCUT2D eigenvalue weighted by atomic mass is 19.4. The first-order valence-corrected chi connectivity index (χ1v) is 12.0. The predicted octanol–water partition coefficient (Wildman–Crippen LogP) is 5.20. The largest absolute Gasteiger partial charge is 0.491 e. The van der Waals surface area contributed by atoms with E-state index in [1.165, 1.54) is 50.7 Å². The molecule has 2 aromatic rings. The van der Waals surface area contributed by atoms with Crippen molar-refractivity contribution < 1.29 is 32.2 Å². The summed E-state index contributed by atoms with van der Waals surface area (Å²) < 4.78 is 49.1. The normalized spacial score (nSPS) is 16.3. The molecule has 1 amide bonds. The van der Waals surface area contributed by atoms with Gasteiger partial charge in [0.25, 0.3) is 5.91 Å². The molecule has 0 saturated heterocycles. The zero-order valence-electron chi connectivity index (χ0n) is 19.4. The average Bonchev–Trinajstić information content (AvgIpc) is 3.17. The first kappa shape index (κ1) is 25.0. The summed E-state index contributed by atoms with van der Waals surface area (Å²) in [7, 11) is 0. The van der Waals surface area contributed by atoms with Gasteiger partial charge in [0.15, 0.2) is 5.75 Å². The average molecular weight is 491 g/mol. The van der Waals surface area contributed by atoms with E-state index >= 15 is 0 Å². The Morgan fingerprint density at radius 1 is 1.03 bits per heavy atom. The molecule has 0 atom stereocenters. The molecule has 0 aromatic heterocycles. The van der Waals surface area contributed by atoms with Gasteiger partial charge in [-0.3, -0.25) is 4.79 Å². The summed E-state index contributed by atoms with van der Waals surface area (Å²) in [4.78, 5) is 23.4. The lowest BCUT2D eigenvalue weighted by molar-refractivity contribution is -0.189. The van der Waals surface area contributed by atoms with Gasteiger partial charge in [0.1, 0.15) is 11.5 Å².